The van der Waals surface area contributed by atoms with Gasteiger partial charge < -0.3 is 11.1 Å². The van der Waals surface area contributed by atoms with E-state index < -0.39 is 0 Å². The maximum atomic E-state index is 14.2. The molecule has 148 valence electrons. The van der Waals surface area contributed by atoms with Crippen LogP contribution in [0.15, 0.2) is 48.5 Å². The summed E-state index contributed by atoms with van der Waals surface area (Å²) < 4.78 is 16.1. The first-order valence-corrected chi connectivity index (χ1v) is 9.62. The molecule has 0 aliphatic carbocycles. The number of anilines is 1. The second-order valence-electron chi connectivity index (χ2n) is 7.24. The summed E-state index contributed by atoms with van der Waals surface area (Å²) in [6, 6.07) is 15.2. The molecular weight excluding hydrogens is 365 g/mol. The lowest BCUT2D eigenvalue weighted by atomic mass is 10.1. The molecule has 6 heteroatoms. The largest absolute Gasteiger partial charge is 0.366 e. The molecule has 0 atom stereocenters. The molecule has 0 aliphatic rings. The lowest BCUT2D eigenvalue weighted by Gasteiger charge is -2.14. The molecular formula is C23H24FN5. The first-order chi connectivity index (χ1) is 14.0. The molecule has 2 aromatic carbocycles. The first-order valence-electron chi connectivity index (χ1n) is 9.62. The van der Waals surface area contributed by atoms with Gasteiger partial charge in [0.15, 0.2) is 0 Å². The smallest absolute Gasteiger partial charge is 0.236 e. The van der Waals surface area contributed by atoms with Crippen molar-refractivity contribution >= 4 is 16.7 Å². The molecule has 0 saturated carbocycles. The highest BCUT2D eigenvalue weighted by Crippen LogP contribution is 2.28. The average molecular weight is 389 g/mol. The summed E-state index contributed by atoms with van der Waals surface area (Å²) >= 11 is 0. The van der Waals surface area contributed by atoms with Crippen LogP contribution in [0.4, 0.5) is 10.2 Å². The molecule has 5 nitrogen and oxygen atoms in total. The number of fused-ring (bicyclic) bond motifs is 1. The minimum Gasteiger partial charge on any atom is -0.366 e. The molecule has 0 aliphatic heterocycles. The number of aromatic nitrogens is 3. The lowest BCUT2D eigenvalue weighted by molar-refractivity contribution is 0.627. The Morgan fingerprint density at radius 1 is 1.03 bits per heavy atom. The topological polar surface area (TPSA) is 68.8 Å². The Morgan fingerprint density at radius 3 is 2.52 bits per heavy atom. The maximum absolute atomic E-state index is 14.2. The van der Waals surface area contributed by atoms with Crippen LogP contribution in [0.25, 0.3) is 16.9 Å². The number of hydrogen-bond donors (Lipinski definition) is 2. The fourth-order valence-electron chi connectivity index (χ4n) is 3.58. The van der Waals surface area contributed by atoms with E-state index in [0.29, 0.717) is 12.5 Å². The third-order valence-electron chi connectivity index (χ3n) is 5.26. The van der Waals surface area contributed by atoms with Gasteiger partial charge in [-0.15, -0.1) is 0 Å². The second kappa shape index (κ2) is 7.64. The molecule has 0 unspecified atom stereocenters. The van der Waals surface area contributed by atoms with Crippen LogP contribution in [0.1, 0.15) is 28.1 Å². The van der Waals surface area contributed by atoms with Crippen molar-refractivity contribution in [3.63, 3.8) is 0 Å². The Balaban J connectivity index is 1.81. The van der Waals surface area contributed by atoms with Gasteiger partial charge in [0, 0.05) is 35.4 Å². The van der Waals surface area contributed by atoms with E-state index >= 15 is 0 Å². The lowest BCUT2D eigenvalue weighted by Crippen LogP contribution is -2.11. The van der Waals surface area contributed by atoms with Gasteiger partial charge in [-0.3, -0.25) is 4.57 Å². The van der Waals surface area contributed by atoms with Crippen molar-refractivity contribution in [2.24, 2.45) is 5.73 Å². The van der Waals surface area contributed by atoms with Crippen molar-refractivity contribution in [2.45, 2.75) is 33.9 Å². The van der Waals surface area contributed by atoms with E-state index in [2.05, 4.69) is 22.4 Å². The van der Waals surface area contributed by atoms with Crippen LogP contribution in [0, 0.1) is 26.6 Å². The van der Waals surface area contributed by atoms with Crippen LogP contribution >= 0.6 is 0 Å². The van der Waals surface area contributed by atoms with Crippen LogP contribution in [-0.2, 0) is 13.1 Å². The van der Waals surface area contributed by atoms with Crippen LogP contribution in [0.5, 0.6) is 0 Å². The third-order valence-corrected chi connectivity index (χ3v) is 5.26. The molecule has 0 bridgehead atoms. The van der Waals surface area contributed by atoms with Crippen molar-refractivity contribution in [3.05, 3.63) is 82.4 Å². The van der Waals surface area contributed by atoms with E-state index in [1.807, 2.05) is 49.6 Å². The summed E-state index contributed by atoms with van der Waals surface area (Å²) in [5.74, 6) is 0.973. The van der Waals surface area contributed by atoms with Gasteiger partial charge in [0.2, 0.25) is 5.95 Å². The molecule has 0 saturated heterocycles. The first kappa shape index (κ1) is 19.1. The zero-order valence-electron chi connectivity index (χ0n) is 16.8. The Morgan fingerprint density at radius 2 is 1.79 bits per heavy atom. The van der Waals surface area contributed by atoms with Crippen molar-refractivity contribution in [2.75, 3.05) is 5.32 Å². The second-order valence-corrected chi connectivity index (χ2v) is 7.24. The number of hydrogen-bond acceptors (Lipinski definition) is 4. The standard InChI is InChI=1S/C23H24FN5/c1-14-9-20-18(12-25)10-19(24)11-21(20)29(14)23-27-16(3)15(2)22(28-23)26-13-17-7-5-4-6-8-17/h4-11H,12-13,25H2,1-3H3,(H,26,27,28). The van der Waals surface area contributed by atoms with Crippen molar-refractivity contribution in [1.82, 2.24) is 14.5 Å². The Labute approximate surface area is 169 Å². The highest BCUT2D eigenvalue weighted by atomic mass is 19.1. The van der Waals surface area contributed by atoms with E-state index in [-0.39, 0.29) is 12.4 Å². The van der Waals surface area contributed by atoms with Gasteiger partial charge in [0.05, 0.1) is 5.52 Å². The third kappa shape index (κ3) is 3.59. The molecule has 4 aromatic rings. The van der Waals surface area contributed by atoms with Crippen molar-refractivity contribution < 1.29 is 4.39 Å². The maximum Gasteiger partial charge on any atom is 0.236 e. The SMILES string of the molecule is Cc1nc(-n2c(C)cc3c(CN)cc(F)cc32)nc(NCc2ccccc2)c1C. The number of benzene rings is 2. The highest BCUT2D eigenvalue weighted by molar-refractivity contribution is 5.86. The molecule has 3 N–H and O–H groups in total. The summed E-state index contributed by atoms with van der Waals surface area (Å²) in [4.78, 5) is 9.46. The summed E-state index contributed by atoms with van der Waals surface area (Å²) in [7, 11) is 0. The van der Waals surface area contributed by atoms with Gasteiger partial charge >= 0.3 is 0 Å². The zero-order valence-corrected chi connectivity index (χ0v) is 16.8. The molecule has 29 heavy (non-hydrogen) atoms. The van der Waals surface area contributed by atoms with E-state index in [1.165, 1.54) is 17.7 Å². The average Bonchev–Trinajstić information content (AvgIpc) is 3.04. The number of aryl methyl sites for hydroxylation is 2. The Hall–Kier alpha value is -3.25. The monoisotopic (exact) mass is 389 g/mol. The van der Waals surface area contributed by atoms with Crippen LogP contribution in [0.2, 0.25) is 0 Å². The minimum absolute atomic E-state index is 0.273. The Bertz CT molecular complexity index is 1180. The predicted octanol–water partition coefficient (Wildman–Crippen LogP) is 4.56. The van der Waals surface area contributed by atoms with E-state index in [4.69, 9.17) is 10.7 Å². The van der Waals surface area contributed by atoms with Crippen LogP contribution in [0.3, 0.4) is 0 Å². The van der Waals surface area contributed by atoms with Crippen LogP contribution in [-0.4, -0.2) is 14.5 Å². The number of nitrogens with zero attached hydrogens (tertiary/aromatic N) is 3. The molecule has 0 radical (unpaired) electrons. The number of nitrogens with two attached hydrogens (primary N) is 1. The molecule has 0 spiro atoms. The molecule has 2 heterocycles. The number of rotatable bonds is 5. The summed E-state index contributed by atoms with van der Waals surface area (Å²) in [5, 5.41) is 4.34. The van der Waals surface area contributed by atoms with Gasteiger partial charge in [-0.1, -0.05) is 30.3 Å². The molecule has 0 fully saturated rings. The fraction of sp³-hybridized carbons (Fsp3) is 0.217. The normalized spacial score (nSPS) is 11.2. The van der Waals surface area contributed by atoms with Crippen molar-refractivity contribution in [1.29, 1.82) is 0 Å². The van der Waals surface area contributed by atoms with Gasteiger partial charge in [0.25, 0.3) is 0 Å². The van der Waals surface area contributed by atoms with E-state index in [9.17, 15) is 4.39 Å². The van der Waals surface area contributed by atoms with E-state index in [1.54, 1.807) is 0 Å². The van der Waals surface area contributed by atoms with Gasteiger partial charge in [-0.2, -0.15) is 4.98 Å². The number of halogens is 1. The van der Waals surface area contributed by atoms with Gasteiger partial charge in [0.1, 0.15) is 11.6 Å². The quantitative estimate of drug-likeness (QED) is 0.525. The van der Waals surface area contributed by atoms with Crippen molar-refractivity contribution in [3.8, 4) is 5.95 Å². The zero-order chi connectivity index (χ0) is 20.5. The summed E-state index contributed by atoms with van der Waals surface area (Å²) in [5.41, 5.74) is 11.3. The van der Waals surface area contributed by atoms with Crippen LogP contribution < -0.4 is 11.1 Å². The van der Waals surface area contributed by atoms with Gasteiger partial charge in [-0.05, 0) is 50.1 Å². The highest BCUT2D eigenvalue weighted by Gasteiger charge is 2.16. The number of nitrogens with one attached hydrogen (secondary N) is 1. The summed E-state index contributed by atoms with van der Waals surface area (Å²) in [6.07, 6.45) is 0. The molecule has 4 rings (SSSR count). The minimum atomic E-state index is -0.316. The predicted molar refractivity (Wildman–Crippen MR) is 115 cm³/mol. The molecule has 2 aromatic heterocycles. The molecule has 0 amide bonds. The fourth-order valence-corrected chi connectivity index (χ4v) is 3.58. The van der Waals surface area contributed by atoms with Gasteiger partial charge in [-0.25, -0.2) is 9.37 Å². The van der Waals surface area contributed by atoms with E-state index in [0.717, 1.165) is 39.2 Å². The Kier molecular flexibility index (Phi) is 5.03. The summed E-state index contributed by atoms with van der Waals surface area (Å²) in [6.45, 7) is 6.86.